The normalized spacial score (nSPS) is 11.1. The number of thiophene rings is 2. The molecule has 2 nitrogen and oxygen atoms in total. The largest absolute Gasteiger partial charge is 0.299 e. The summed E-state index contributed by atoms with van der Waals surface area (Å²) in [6, 6.07) is 15.0. The third-order valence-electron chi connectivity index (χ3n) is 3.09. The first-order valence-electron chi connectivity index (χ1n) is 6.55. The van der Waals surface area contributed by atoms with Crippen LogP contribution in [-0.4, -0.2) is 4.98 Å². The number of aryl methyl sites for hydroxylation is 1. The van der Waals surface area contributed by atoms with Crippen molar-refractivity contribution in [3.05, 3.63) is 74.4 Å². The molecule has 0 bridgehead atoms. The molecule has 0 spiro atoms. The molecule has 0 aliphatic heterocycles. The minimum atomic E-state index is 0.261. The van der Waals surface area contributed by atoms with Crippen molar-refractivity contribution in [1.29, 1.82) is 0 Å². The second-order valence-electron chi connectivity index (χ2n) is 4.62. The van der Waals surface area contributed by atoms with Crippen molar-refractivity contribution in [2.24, 2.45) is 0 Å². The van der Waals surface area contributed by atoms with Gasteiger partial charge < -0.3 is 0 Å². The summed E-state index contributed by atoms with van der Waals surface area (Å²) in [5, 5.41) is 7.88. The Labute approximate surface area is 127 Å². The first kappa shape index (κ1) is 13.5. The summed E-state index contributed by atoms with van der Waals surface area (Å²) >= 11 is 3.58. The third kappa shape index (κ3) is 3.15. The highest BCUT2D eigenvalue weighted by Gasteiger charge is 2.15. The molecule has 102 valence electrons. The van der Waals surface area contributed by atoms with Crippen LogP contribution in [0.1, 0.15) is 27.2 Å². The molecule has 4 heteroatoms. The van der Waals surface area contributed by atoms with Gasteiger partial charge in [-0.25, -0.2) is 0 Å². The van der Waals surface area contributed by atoms with E-state index in [0.29, 0.717) is 0 Å². The van der Waals surface area contributed by atoms with Gasteiger partial charge in [-0.2, -0.15) is 0 Å². The smallest absolute Gasteiger partial charge is 0.0768 e. The molecule has 0 fully saturated rings. The van der Waals surface area contributed by atoms with E-state index in [1.54, 1.807) is 22.7 Å². The molecule has 0 atom stereocenters. The maximum absolute atomic E-state index is 4.55. The van der Waals surface area contributed by atoms with Crippen molar-refractivity contribution < 1.29 is 0 Å². The summed E-state index contributed by atoms with van der Waals surface area (Å²) in [5.74, 6) is 0. The SMILES string of the molecule is Cc1cccc(CNC(c2cccs2)c2cccs2)n1. The highest BCUT2D eigenvalue weighted by atomic mass is 32.1. The molecule has 0 amide bonds. The molecule has 1 N–H and O–H groups in total. The molecule has 0 unspecified atom stereocenters. The van der Waals surface area contributed by atoms with Crippen LogP contribution in [-0.2, 0) is 6.54 Å². The zero-order chi connectivity index (χ0) is 13.8. The average Bonchev–Trinajstić information content (AvgIpc) is 3.12. The number of nitrogens with one attached hydrogen (secondary N) is 1. The quantitative estimate of drug-likeness (QED) is 0.756. The van der Waals surface area contributed by atoms with E-state index in [0.717, 1.165) is 17.9 Å². The van der Waals surface area contributed by atoms with Crippen molar-refractivity contribution in [2.45, 2.75) is 19.5 Å². The lowest BCUT2D eigenvalue weighted by atomic mass is 10.2. The van der Waals surface area contributed by atoms with Crippen LogP contribution in [0.3, 0.4) is 0 Å². The molecule has 0 aromatic carbocycles. The van der Waals surface area contributed by atoms with Gasteiger partial charge in [-0.15, -0.1) is 22.7 Å². The second kappa shape index (κ2) is 6.31. The molecule has 0 aliphatic rings. The van der Waals surface area contributed by atoms with Crippen LogP contribution in [0.5, 0.6) is 0 Å². The lowest BCUT2D eigenvalue weighted by Gasteiger charge is -2.16. The number of rotatable bonds is 5. The minimum absolute atomic E-state index is 0.261. The van der Waals surface area contributed by atoms with Crippen LogP contribution in [0.4, 0.5) is 0 Å². The second-order valence-corrected chi connectivity index (χ2v) is 6.57. The number of aromatic nitrogens is 1. The molecule has 0 radical (unpaired) electrons. The Morgan fingerprint density at radius 2 is 1.70 bits per heavy atom. The van der Waals surface area contributed by atoms with E-state index in [-0.39, 0.29) is 6.04 Å². The van der Waals surface area contributed by atoms with Crippen molar-refractivity contribution in [2.75, 3.05) is 0 Å². The summed E-state index contributed by atoms with van der Waals surface area (Å²) in [7, 11) is 0. The molecule has 3 aromatic heterocycles. The first-order chi connectivity index (χ1) is 9.83. The maximum Gasteiger partial charge on any atom is 0.0768 e. The molecule has 3 rings (SSSR count). The van der Waals surface area contributed by atoms with E-state index in [1.165, 1.54) is 9.75 Å². The van der Waals surface area contributed by atoms with E-state index in [9.17, 15) is 0 Å². The molecule has 3 heterocycles. The lowest BCUT2D eigenvalue weighted by molar-refractivity contribution is 0.611. The van der Waals surface area contributed by atoms with E-state index in [2.05, 4.69) is 57.5 Å². The Balaban J connectivity index is 1.78. The fourth-order valence-corrected chi connectivity index (χ4v) is 3.87. The summed E-state index contributed by atoms with van der Waals surface area (Å²) < 4.78 is 0. The predicted octanol–water partition coefficient (Wildman–Crippen LogP) is 4.39. The number of pyridine rings is 1. The van der Waals surface area contributed by atoms with Crippen LogP contribution in [0, 0.1) is 6.92 Å². The van der Waals surface area contributed by atoms with Crippen LogP contribution < -0.4 is 5.32 Å². The first-order valence-corrected chi connectivity index (χ1v) is 8.31. The van der Waals surface area contributed by atoms with Gasteiger partial charge in [0.1, 0.15) is 0 Å². The predicted molar refractivity (Wildman–Crippen MR) is 86.3 cm³/mol. The molecule has 0 saturated heterocycles. The standard InChI is InChI=1S/C16H16N2S2/c1-12-5-2-6-13(18-12)11-17-16(14-7-3-9-19-14)15-8-4-10-20-15/h2-10,16-17H,11H2,1H3. The number of hydrogen-bond donors (Lipinski definition) is 1. The van der Waals surface area contributed by atoms with Gasteiger partial charge in [0, 0.05) is 22.0 Å². The maximum atomic E-state index is 4.55. The monoisotopic (exact) mass is 300 g/mol. The van der Waals surface area contributed by atoms with Gasteiger partial charge in [-0.3, -0.25) is 10.3 Å². The van der Waals surface area contributed by atoms with Gasteiger partial charge >= 0.3 is 0 Å². The molecular weight excluding hydrogens is 284 g/mol. The van der Waals surface area contributed by atoms with E-state index >= 15 is 0 Å². The van der Waals surface area contributed by atoms with Gasteiger partial charge in [-0.1, -0.05) is 18.2 Å². The van der Waals surface area contributed by atoms with Gasteiger partial charge in [0.15, 0.2) is 0 Å². The van der Waals surface area contributed by atoms with Crippen molar-refractivity contribution in [3.63, 3.8) is 0 Å². The molecule has 0 saturated carbocycles. The van der Waals surface area contributed by atoms with Gasteiger partial charge in [-0.05, 0) is 41.9 Å². The topological polar surface area (TPSA) is 24.9 Å². The summed E-state index contributed by atoms with van der Waals surface area (Å²) in [4.78, 5) is 7.25. The van der Waals surface area contributed by atoms with Gasteiger partial charge in [0.25, 0.3) is 0 Å². The summed E-state index contributed by atoms with van der Waals surface area (Å²) in [6.07, 6.45) is 0. The van der Waals surface area contributed by atoms with E-state index < -0.39 is 0 Å². The average molecular weight is 300 g/mol. The molecule has 3 aromatic rings. The number of hydrogen-bond acceptors (Lipinski definition) is 4. The van der Waals surface area contributed by atoms with Crippen molar-refractivity contribution >= 4 is 22.7 Å². The fourth-order valence-electron chi connectivity index (χ4n) is 2.16. The molecular formula is C16H16N2S2. The summed E-state index contributed by atoms with van der Waals surface area (Å²) in [6.45, 7) is 2.81. The minimum Gasteiger partial charge on any atom is -0.299 e. The highest BCUT2D eigenvalue weighted by molar-refractivity contribution is 7.11. The third-order valence-corrected chi connectivity index (χ3v) is 4.96. The Morgan fingerprint density at radius 1 is 1.00 bits per heavy atom. The van der Waals surface area contributed by atoms with Gasteiger partial charge in [0.2, 0.25) is 0 Å². The number of nitrogens with zero attached hydrogens (tertiary/aromatic N) is 1. The van der Waals surface area contributed by atoms with Crippen molar-refractivity contribution in [3.8, 4) is 0 Å². The molecule has 20 heavy (non-hydrogen) atoms. The Kier molecular flexibility index (Phi) is 4.25. The van der Waals surface area contributed by atoms with Crippen LogP contribution in [0.15, 0.2) is 53.2 Å². The fraction of sp³-hybridized carbons (Fsp3) is 0.188. The Hall–Kier alpha value is -1.49. The van der Waals surface area contributed by atoms with Crippen molar-refractivity contribution in [1.82, 2.24) is 10.3 Å². The van der Waals surface area contributed by atoms with Crippen LogP contribution >= 0.6 is 22.7 Å². The van der Waals surface area contributed by atoms with Gasteiger partial charge in [0.05, 0.1) is 11.7 Å². The Bertz CT molecular complexity index is 611. The van der Waals surface area contributed by atoms with Crippen LogP contribution in [0.2, 0.25) is 0 Å². The van der Waals surface area contributed by atoms with E-state index in [4.69, 9.17) is 0 Å². The summed E-state index contributed by atoms with van der Waals surface area (Å²) in [5.41, 5.74) is 2.15. The Morgan fingerprint density at radius 3 is 2.25 bits per heavy atom. The molecule has 0 aliphatic carbocycles. The highest BCUT2D eigenvalue weighted by Crippen LogP contribution is 2.29. The zero-order valence-corrected chi connectivity index (χ0v) is 12.9. The lowest BCUT2D eigenvalue weighted by Crippen LogP contribution is -2.21. The van der Waals surface area contributed by atoms with Crippen LogP contribution in [0.25, 0.3) is 0 Å². The van der Waals surface area contributed by atoms with E-state index in [1.807, 2.05) is 13.0 Å². The zero-order valence-electron chi connectivity index (χ0n) is 11.2.